The van der Waals surface area contributed by atoms with E-state index in [2.05, 4.69) is 4.98 Å². The summed E-state index contributed by atoms with van der Waals surface area (Å²) in [4.78, 5) is 15.4. The van der Waals surface area contributed by atoms with Gasteiger partial charge >= 0.3 is 5.97 Å². The van der Waals surface area contributed by atoms with Gasteiger partial charge in [0.15, 0.2) is 0 Å². The average Bonchev–Trinajstić information content (AvgIpc) is 2.38. The molecule has 2 aromatic rings. The highest BCUT2D eigenvalue weighted by Gasteiger charge is 2.06. The van der Waals surface area contributed by atoms with Crippen LogP contribution < -0.4 is 0 Å². The van der Waals surface area contributed by atoms with Crippen LogP contribution in [-0.2, 0) is 11.3 Å². The zero-order valence-electron chi connectivity index (χ0n) is 9.08. The second kappa shape index (κ2) is 6.66. The number of benzene rings is 1. The molecule has 0 aliphatic carbocycles. The lowest BCUT2D eigenvalue weighted by atomic mass is 10.2. The standard InChI is InChI=1S/C13H11NO2.ClH/c15-13(12-7-4-8-14-9-12)16-10-11-5-2-1-3-6-11;/h1-9H,10H2;1H. The average molecular weight is 250 g/mol. The van der Waals surface area contributed by atoms with Gasteiger partial charge in [-0.05, 0) is 17.7 Å². The van der Waals surface area contributed by atoms with Crippen LogP contribution in [-0.4, -0.2) is 11.0 Å². The summed E-state index contributed by atoms with van der Waals surface area (Å²) in [6.07, 6.45) is 3.11. The molecule has 2 rings (SSSR count). The topological polar surface area (TPSA) is 39.2 Å². The van der Waals surface area contributed by atoms with Gasteiger partial charge in [0, 0.05) is 12.4 Å². The van der Waals surface area contributed by atoms with Crippen molar-refractivity contribution >= 4 is 18.4 Å². The van der Waals surface area contributed by atoms with Crippen LogP contribution in [0.1, 0.15) is 15.9 Å². The van der Waals surface area contributed by atoms with E-state index in [9.17, 15) is 4.79 Å². The summed E-state index contributed by atoms with van der Waals surface area (Å²) in [6, 6.07) is 13.0. The molecule has 0 amide bonds. The Hall–Kier alpha value is -1.87. The summed E-state index contributed by atoms with van der Waals surface area (Å²) in [5.41, 5.74) is 1.44. The molecule has 1 heterocycles. The van der Waals surface area contributed by atoms with Gasteiger partial charge in [-0.3, -0.25) is 4.98 Å². The lowest BCUT2D eigenvalue weighted by molar-refractivity contribution is 0.0472. The second-order valence-electron chi connectivity index (χ2n) is 3.30. The monoisotopic (exact) mass is 249 g/mol. The van der Waals surface area contributed by atoms with Gasteiger partial charge in [0.1, 0.15) is 6.61 Å². The molecule has 0 spiro atoms. The van der Waals surface area contributed by atoms with Crippen molar-refractivity contribution in [2.45, 2.75) is 6.61 Å². The van der Waals surface area contributed by atoms with Crippen LogP contribution in [0.4, 0.5) is 0 Å². The van der Waals surface area contributed by atoms with Gasteiger partial charge in [0.25, 0.3) is 0 Å². The van der Waals surface area contributed by atoms with E-state index in [1.54, 1.807) is 18.3 Å². The van der Waals surface area contributed by atoms with Gasteiger partial charge in [-0.15, -0.1) is 12.4 Å². The fourth-order valence-corrected chi connectivity index (χ4v) is 1.29. The molecule has 0 saturated carbocycles. The Morgan fingerprint density at radius 1 is 1.12 bits per heavy atom. The predicted octanol–water partition coefficient (Wildman–Crippen LogP) is 2.86. The molecule has 0 atom stereocenters. The molecule has 3 nitrogen and oxygen atoms in total. The van der Waals surface area contributed by atoms with Gasteiger partial charge < -0.3 is 4.74 Å². The van der Waals surface area contributed by atoms with Gasteiger partial charge in [0.05, 0.1) is 5.56 Å². The first-order valence-corrected chi connectivity index (χ1v) is 4.97. The number of hydrogen-bond acceptors (Lipinski definition) is 3. The van der Waals surface area contributed by atoms with Gasteiger partial charge in [-0.25, -0.2) is 4.79 Å². The van der Waals surface area contributed by atoms with Crippen LogP contribution >= 0.6 is 12.4 Å². The Labute approximate surface area is 106 Å². The summed E-state index contributed by atoms with van der Waals surface area (Å²) in [6.45, 7) is 0.286. The molecule has 0 N–H and O–H groups in total. The van der Waals surface area contributed by atoms with E-state index >= 15 is 0 Å². The molecule has 0 saturated heterocycles. The SMILES string of the molecule is Cl.O=C(OCc1ccccc1)c1cccnc1. The first kappa shape index (κ1) is 13.2. The molecular weight excluding hydrogens is 238 g/mol. The lowest BCUT2D eigenvalue weighted by Gasteiger charge is -2.03. The number of hydrogen-bond donors (Lipinski definition) is 0. The first-order chi connectivity index (χ1) is 7.86. The zero-order chi connectivity index (χ0) is 11.2. The summed E-state index contributed by atoms with van der Waals surface area (Å²) in [5, 5.41) is 0. The van der Waals surface area contributed by atoms with Crippen LogP contribution in [0.3, 0.4) is 0 Å². The number of nitrogens with zero attached hydrogens (tertiary/aromatic N) is 1. The smallest absolute Gasteiger partial charge is 0.340 e. The Balaban J connectivity index is 0.00000144. The molecule has 0 aliphatic heterocycles. The van der Waals surface area contributed by atoms with E-state index in [1.165, 1.54) is 6.20 Å². The van der Waals surface area contributed by atoms with Crippen LogP contribution in [0.15, 0.2) is 54.9 Å². The summed E-state index contributed by atoms with van der Waals surface area (Å²) in [5.74, 6) is -0.350. The van der Waals surface area contributed by atoms with Crippen LogP contribution in [0.25, 0.3) is 0 Å². The van der Waals surface area contributed by atoms with E-state index < -0.39 is 0 Å². The molecular formula is C13H12ClNO2. The fraction of sp³-hybridized carbons (Fsp3) is 0.0769. The highest BCUT2D eigenvalue weighted by atomic mass is 35.5. The van der Waals surface area contributed by atoms with E-state index in [4.69, 9.17) is 4.74 Å². The van der Waals surface area contributed by atoms with Gasteiger partial charge in [-0.1, -0.05) is 30.3 Å². The number of ether oxygens (including phenoxy) is 1. The Morgan fingerprint density at radius 3 is 2.53 bits per heavy atom. The lowest BCUT2D eigenvalue weighted by Crippen LogP contribution is -2.05. The van der Waals surface area contributed by atoms with Crippen LogP contribution in [0.2, 0.25) is 0 Å². The zero-order valence-corrected chi connectivity index (χ0v) is 9.89. The van der Waals surface area contributed by atoms with Crippen molar-refractivity contribution in [3.8, 4) is 0 Å². The minimum atomic E-state index is -0.350. The third kappa shape index (κ3) is 3.89. The van der Waals surface area contributed by atoms with Crippen LogP contribution in [0, 0.1) is 0 Å². The quantitative estimate of drug-likeness (QED) is 0.786. The third-order valence-electron chi connectivity index (χ3n) is 2.11. The van der Waals surface area contributed by atoms with E-state index in [0.29, 0.717) is 5.56 Å². The molecule has 1 aromatic heterocycles. The predicted molar refractivity (Wildman–Crippen MR) is 67.0 cm³/mol. The molecule has 17 heavy (non-hydrogen) atoms. The van der Waals surface area contributed by atoms with Crippen molar-refractivity contribution < 1.29 is 9.53 Å². The molecule has 0 bridgehead atoms. The van der Waals surface area contributed by atoms with E-state index in [1.807, 2.05) is 30.3 Å². The molecule has 0 aliphatic rings. The molecule has 1 aromatic carbocycles. The van der Waals surface area contributed by atoms with Crippen molar-refractivity contribution in [1.82, 2.24) is 4.98 Å². The minimum Gasteiger partial charge on any atom is -0.457 e. The van der Waals surface area contributed by atoms with Crippen LogP contribution in [0.5, 0.6) is 0 Å². The summed E-state index contributed by atoms with van der Waals surface area (Å²) < 4.78 is 5.14. The van der Waals surface area contributed by atoms with Crippen molar-refractivity contribution in [2.75, 3.05) is 0 Å². The normalized spacial score (nSPS) is 9.18. The van der Waals surface area contributed by atoms with E-state index in [0.717, 1.165) is 5.56 Å². The Bertz CT molecular complexity index is 459. The van der Waals surface area contributed by atoms with E-state index in [-0.39, 0.29) is 25.0 Å². The number of carbonyl (C=O) groups is 1. The maximum absolute atomic E-state index is 11.6. The Morgan fingerprint density at radius 2 is 1.88 bits per heavy atom. The number of pyridine rings is 1. The minimum absolute atomic E-state index is 0. The summed E-state index contributed by atoms with van der Waals surface area (Å²) >= 11 is 0. The number of halogens is 1. The largest absolute Gasteiger partial charge is 0.457 e. The maximum atomic E-state index is 11.6. The third-order valence-corrected chi connectivity index (χ3v) is 2.11. The second-order valence-corrected chi connectivity index (χ2v) is 3.30. The molecule has 0 fully saturated rings. The molecule has 88 valence electrons. The number of carbonyl (C=O) groups excluding carboxylic acids is 1. The highest BCUT2D eigenvalue weighted by Crippen LogP contribution is 2.04. The molecule has 0 unspecified atom stereocenters. The van der Waals surface area contributed by atoms with Crippen molar-refractivity contribution in [2.24, 2.45) is 0 Å². The van der Waals surface area contributed by atoms with Crippen molar-refractivity contribution in [3.63, 3.8) is 0 Å². The first-order valence-electron chi connectivity index (χ1n) is 4.97. The number of esters is 1. The van der Waals surface area contributed by atoms with Gasteiger partial charge in [0.2, 0.25) is 0 Å². The fourth-order valence-electron chi connectivity index (χ4n) is 1.29. The van der Waals surface area contributed by atoms with Gasteiger partial charge in [-0.2, -0.15) is 0 Å². The highest BCUT2D eigenvalue weighted by molar-refractivity contribution is 5.88. The number of rotatable bonds is 3. The maximum Gasteiger partial charge on any atom is 0.340 e. The summed E-state index contributed by atoms with van der Waals surface area (Å²) in [7, 11) is 0. The van der Waals surface area contributed by atoms with Crippen molar-refractivity contribution in [3.05, 3.63) is 66.0 Å². The Kier molecular flexibility index (Phi) is 5.17. The molecule has 4 heteroatoms. The van der Waals surface area contributed by atoms with Crippen molar-refractivity contribution in [1.29, 1.82) is 0 Å². The number of aromatic nitrogens is 1. The molecule has 0 radical (unpaired) electrons.